The number of ether oxygens (including phenoxy) is 1. The van der Waals surface area contributed by atoms with Gasteiger partial charge in [0.1, 0.15) is 5.76 Å². The molecule has 1 aliphatic rings. The van der Waals surface area contributed by atoms with Crippen LogP contribution < -0.4 is 10.1 Å². The number of likely N-dealkylation sites (tertiary alicyclic amines) is 1. The molecule has 0 spiro atoms. The van der Waals surface area contributed by atoms with Crippen LogP contribution in [0.25, 0.3) is 0 Å². The highest BCUT2D eigenvalue weighted by Crippen LogP contribution is 2.28. The third-order valence-electron chi connectivity index (χ3n) is 4.55. The maximum Gasteiger partial charge on any atom is 0.311 e. The fourth-order valence-corrected chi connectivity index (χ4v) is 3.21. The first-order chi connectivity index (χ1) is 12.6. The molecule has 0 saturated carbocycles. The summed E-state index contributed by atoms with van der Waals surface area (Å²) in [6, 6.07) is 7.84. The number of amides is 1. The predicted molar refractivity (Wildman–Crippen MR) is 94.2 cm³/mol. The smallest absolute Gasteiger partial charge is 0.311 e. The molecule has 8 heteroatoms. The van der Waals surface area contributed by atoms with E-state index in [0.29, 0.717) is 6.54 Å². The number of furan rings is 1. The Balaban J connectivity index is 1.72. The molecule has 1 N–H and O–H groups in total. The van der Waals surface area contributed by atoms with E-state index in [4.69, 9.17) is 9.15 Å². The monoisotopic (exact) mass is 359 g/mol. The van der Waals surface area contributed by atoms with Crippen molar-refractivity contribution in [3.8, 4) is 5.75 Å². The number of nitro benzene ring substituents is 1. The van der Waals surface area contributed by atoms with Crippen LogP contribution >= 0.6 is 0 Å². The SMILES string of the molecule is COc1ccc(C(=O)NCC(c2ccco2)N2CCCC2)cc1[N+](=O)[O-]. The summed E-state index contributed by atoms with van der Waals surface area (Å²) in [5.74, 6) is 0.552. The third kappa shape index (κ3) is 3.85. The standard InChI is InChI=1S/C18H21N3O5/c1-25-16-7-6-13(11-14(16)21(23)24)18(22)19-12-15(17-5-4-10-26-17)20-8-2-3-9-20/h4-7,10-11,15H,2-3,8-9,12H2,1H3,(H,19,22). The molecular weight excluding hydrogens is 338 g/mol. The van der Waals surface area contributed by atoms with Gasteiger partial charge in [0.15, 0.2) is 5.75 Å². The first-order valence-corrected chi connectivity index (χ1v) is 8.48. The number of carbonyl (C=O) groups is 1. The quantitative estimate of drug-likeness (QED) is 0.603. The lowest BCUT2D eigenvalue weighted by Crippen LogP contribution is -2.36. The van der Waals surface area contributed by atoms with Crippen molar-refractivity contribution in [2.45, 2.75) is 18.9 Å². The topological polar surface area (TPSA) is 97.8 Å². The van der Waals surface area contributed by atoms with Crippen molar-refractivity contribution >= 4 is 11.6 Å². The van der Waals surface area contributed by atoms with Crippen molar-refractivity contribution in [1.29, 1.82) is 0 Å². The molecule has 1 unspecified atom stereocenters. The first-order valence-electron chi connectivity index (χ1n) is 8.48. The normalized spacial score (nSPS) is 15.6. The lowest BCUT2D eigenvalue weighted by atomic mass is 10.1. The number of benzene rings is 1. The summed E-state index contributed by atoms with van der Waals surface area (Å²) in [6.07, 6.45) is 3.86. The van der Waals surface area contributed by atoms with E-state index < -0.39 is 4.92 Å². The summed E-state index contributed by atoms with van der Waals surface area (Å²) in [5, 5.41) is 14.0. The van der Waals surface area contributed by atoms with Crippen molar-refractivity contribution in [2.24, 2.45) is 0 Å². The van der Waals surface area contributed by atoms with Crippen LogP contribution in [0, 0.1) is 10.1 Å². The van der Waals surface area contributed by atoms with Gasteiger partial charge in [-0.2, -0.15) is 0 Å². The first kappa shape index (κ1) is 17.9. The molecule has 26 heavy (non-hydrogen) atoms. The van der Waals surface area contributed by atoms with Crippen LogP contribution in [-0.2, 0) is 0 Å². The van der Waals surface area contributed by atoms with Crippen molar-refractivity contribution in [3.05, 3.63) is 58.0 Å². The van der Waals surface area contributed by atoms with Gasteiger partial charge in [0, 0.05) is 18.2 Å². The van der Waals surface area contributed by atoms with E-state index in [0.717, 1.165) is 31.7 Å². The Morgan fingerprint density at radius 2 is 2.15 bits per heavy atom. The van der Waals surface area contributed by atoms with Crippen LogP contribution in [0.3, 0.4) is 0 Å². The van der Waals surface area contributed by atoms with E-state index >= 15 is 0 Å². The summed E-state index contributed by atoms with van der Waals surface area (Å²) >= 11 is 0. The highest BCUT2D eigenvalue weighted by molar-refractivity contribution is 5.95. The lowest BCUT2D eigenvalue weighted by molar-refractivity contribution is -0.385. The number of hydrogen-bond acceptors (Lipinski definition) is 6. The van der Waals surface area contributed by atoms with Gasteiger partial charge in [-0.25, -0.2) is 0 Å². The lowest BCUT2D eigenvalue weighted by Gasteiger charge is -2.26. The van der Waals surface area contributed by atoms with Gasteiger partial charge in [0.25, 0.3) is 5.91 Å². The van der Waals surface area contributed by atoms with Gasteiger partial charge in [0.2, 0.25) is 0 Å². The fraction of sp³-hybridized carbons (Fsp3) is 0.389. The molecule has 138 valence electrons. The molecule has 1 aromatic carbocycles. The Kier molecular flexibility index (Phi) is 5.52. The minimum absolute atomic E-state index is 0.0512. The molecule has 0 radical (unpaired) electrons. The Morgan fingerprint density at radius 3 is 2.77 bits per heavy atom. The minimum Gasteiger partial charge on any atom is -0.490 e. The molecule has 3 rings (SSSR count). The molecule has 1 fully saturated rings. The van der Waals surface area contributed by atoms with Gasteiger partial charge >= 0.3 is 5.69 Å². The average Bonchev–Trinajstić information content (AvgIpc) is 3.35. The van der Waals surface area contributed by atoms with Crippen molar-refractivity contribution in [2.75, 3.05) is 26.7 Å². The predicted octanol–water partition coefficient (Wildman–Crippen LogP) is 2.76. The molecule has 2 heterocycles. The van der Waals surface area contributed by atoms with Gasteiger partial charge in [-0.15, -0.1) is 0 Å². The second-order valence-corrected chi connectivity index (χ2v) is 6.13. The van der Waals surface area contributed by atoms with Crippen molar-refractivity contribution in [3.63, 3.8) is 0 Å². The molecule has 1 atom stereocenters. The molecular formula is C18H21N3O5. The number of carbonyl (C=O) groups excluding carboxylic acids is 1. The second-order valence-electron chi connectivity index (χ2n) is 6.13. The zero-order valence-corrected chi connectivity index (χ0v) is 14.5. The molecule has 1 amide bonds. The summed E-state index contributed by atoms with van der Waals surface area (Å²) in [7, 11) is 1.35. The Morgan fingerprint density at radius 1 is 1.38 bits per heavy atom. The van der Waals surface area contributed by atoms with Crippen molar-refractivity contribution < 1.29 is 18.9 Å². The van der Waals surface area contributed by atoms with E-state index in [1.54, 1.807) is 6.26 Å². The van der Waals surface area contributed by atoms with E-state index in [1.807, 2.05) is 12.1 Å². The van der Waals surface area contributed by atoms with Gasteiger partial charge in [-0.1, -0.05) is 0 Å². The molecule has 2 aromatic rings. The number of rotatable bonds is 7. The molecule has 1 aromatic heterocycles. The summed E-state index contributed by atoms with van der Waals surface area (Å²) < 4.78 is 10.5. The van der Waals surface area contributed by atoms with E-state index in [2.05, 4.69) is 10.2 Å². The van der Waals surface area contributed by atoms with Gasteiger partial charge in [-0.05, 0) is 50.2 Å². The van der Waals surface area contributed by atoms with Gasteiger partial charge in [0.05, 0.1) is 24.3 Å². The molecule has 0 aliphatic carbocycles. The largest absolute Gasteiger partial charge is 0.490 e. The van der Waals surface area contributed by atoms with Crippen LogP contribution in [0.2, 0.25) is 0 Å². The van der Waals surface area contributed by atoms with E-state index in [9.17, 15) is 14.9 Å². The fourth-order valence-electron chi connectivity index (χ4n) is 3.21. The molecule has 1 aliphatic heterocycles. The van der Waals surface area contributed by atoms with Crippen LogP contribution in [0.1, 0.15) is 35.0 Å². The summed E-state index contributed by atoms with van der Waals surface area (Å²) in [5.41, 5.74) is -0.0144. The van der Waals surface area contributed by atoms with Crippen LogP contribution in [0.4, 0.5) is 5.69 Å². The summed E-state index contributed by atoms with van der Waals surface area (Å²) in [4.78, 5) is 25.3. The van der Waals surface area contributed by atoms with Gasteiger partial charge < -0.3 is 14.5 Å². The third-order valence-corrected chi connectivity index (χ3v) is 4.55. The second kappa shape index (κ2) is 8.01. The molecule has 0 bridgehead atoms. The van der Waals surface area contributed by atoms with E-state index in [1.165, 1.54) is 25.3 Å². The maximum absolute atomic E-state index is 12.5. The highest BCUT2D eigenvalue weighted by Gasteiger charge is 2.26. The maximum atomic E-state index is 12.5. The Labute approximate surface area is 150 Å². The number of nitrogens with one attached hydrogen (secondary N) is 1. The Bertz CT molecular complexity index is 769. The summed E-state index contributed by atoms with van der Waals surface area (Å²) in [6.45, 7) is 2.27. The average molecular weight is 359 g/mol. The number of hydrogen-bond donors (Lipinski definition) is 1. The van der Waals surface area contributed by atoms with Crippen LogP contribution in [0.15, 0.2) is 41.0 Å². The number of nitro groups is 1. The number of nitrogens with zero attached hydrogens (tertiary/aromatic N) is 2. The van der Waals surface area contributed by atoms with Gasteiger partial charge in [-0.3, -0.25) is 19.8 Å². The van der Waals surface area contributed by atoms with E-state index in [-0.39, 0.29) is 28.9 Å². The number of methoxy groups -OCH3 is 1. The van der Waals surface area contributed by atoms with Crippen LogP contribution in [-0.4, -0.2) is 42.5 Å². The molecule has 1 saturated heterocycles. The minimum atomic E-state index is -0.564. The van der Waals surface area contributed by atoms with Crippen LogP contribution in [0.5, 0.6) is 5.75 Å². The Hall–Kier alpha value is -2.87. The highest BCUT2D eigenvalue weighted by atomic mass is 16.6. The van der Waals surface area contributed by atoms with Crippen molar-refractivity contribution in [1.82, 2.24) is 10.2 Å². The molecule has 8 nitrogen and oxygen atoms in total. The zero-order valence-electron chi connectivity index (χ0n) is 14.5. The zero-order chi connectivity index (χ0) is 18.5.